The number of benzene rings is 2. The van der Waals surface area contributed by atoms with Gasteiger partial charge in [0.05, 0.1) is 26.5 Å². The van der Waals surface area contributed by atoms with Gasteiger partial charge in [0.1, 0.15) is 0 Å². The van der Waals surface area contributed by atoms with Crippen LogP contribution in [0.4, 0.5) is 5.69 Å². The number of non-ortho nitro benzene ring substituents is 1. The molecule has 0 unspecified atom stereocenters. The van der Waals surface area contributed by atoms with Gasteiger partial charge in [-0.15, -0.1) is 0 Å². The normalized spacial score (nSPS) is 20.3. The molecule has 1 aliphatic heterocycles. The fraction of sp³-hybridized carbons (Fsp3) is 0.222. The maximum atomic E-state index is 13.1. The number of rotatable bonds is 4. The summed E-state index contributed by atoms with van der Waals surface area (Å²) in [5.74, 6) is 0. The van der Waals surface area contributed by atoms with Crippen LogP contribution in [-0.2, 0) is 5.66 Å². The minimum absolute atomic E-state index is 0.160. The molecule has 0 N–H and O–H groups in total. The minimum atomic E-state index is -1.59. The van der Waals surface area contributed by atoms with E-state index in [0.29, 0.717) is 33.2 Å². The maximum Gasteiger partial charge on any atom is 0.306 e. The molecule has 1 heterocycles. The molecular weight excluding hydrogens is 322 g/mol. The highest BCUT2D eigenvalue weighted by Crippen LogP contribution is 2.45. The summed E-state index contributed by atoms with van der Waals surface area (Å²) in [4.78, 5) is 23.6. The first kappa shape index (κ1) is 16.8. The third-order valence-corrected chi connectivity index (χ3v) is 4.50. The molecule has 0 fully saturated rings. The summed E-state index contributed by atoms with van der Waals surface area (Å²) in [5, 5.41) is 24.7. The lowest BCUT2D eigenvalue weighted by Crippen LogP contribution is -2.41. The molecule has 0 amide bonds. The number of hydrogen-bond donors (Lipinski definition) is 0. The van der Waals surface area contributed by atoms with Crippen molar-refractivity contribution in [2.24, 2.45) is 0 Å². The summed E-state index contributed by atoms with van der Waals surface area (Å²) in [5.41, 5.74) is -0.176. The molecule has 0 aliphatic carbocycles. The van der Waals surface area contributed by atoms with Crippen molar-refractivity contribution in [3.63, 3.8) is 0 Å². The van der Waals surface area contributed by atoms with Crippen LogP contribution in [0.15, 0.2) is 60.3 Å². The monoisotopic (exact) mass is 339 g/mol. The summed E-state index contributed by atoms with van der Waals surface area (Å²) in [6, 6.07) is 14.6. The lowest BCUT2D eigenvalue weighted by atomic mass is 10.0. The molecule has 128 valence electrons. The second-order valence-electron chi connectivity index (χ2n) is 5.93. The zero-order valence-corrected chi connectivity index (χ0v) is 13.9. The number of allylic oxidation sites excluding steroid dienone is 1. The Hall–Kier alpha value is -3.06. The number of nitro benzene ring substituents is 1. The highest BCUT2D eigenvalue weighted by Gasteiger charge is 2.55. The maximum absolute atomic E-state index is 13.1. The van der Waals surface area contributed by atoms with Crippen molar-refractivity contribution in [1.82, 2.24) is 5.06 Å². The van der Waals surface area contributed by atoms with Gasteiger partial charge in [0.25, 0.3) is 11.4 Å². The molecule has 1 atom stereocenters. The van der Waals surface area contributed by atoms with Gasteiger partial charge < -0.3 is 10.3 Å². The third-order valence-electron chi connectivity index (χ3n) is 4.50. The van der Waals surface area contributed by atoms with Gasteiger partial charge in [0.15, 0.2) is 0 Å². The molecule has 0 spiro atoms. The van der Waals surface area contributed by atoms with E-state index in [1.165, 1.54) is 25.1 Å². The zero-order valence-electron chi connectivity index (χ0n) is 13.9. The minimum Gasteiger partial charge on any atom is -0.753 e. The molecule has 7 nitrogen and oxygen atoms in total. The van der Waals surface area contributed by atoms with E-state index in [9.17, 15) is 20.2 Å². The Kier molecular flexibility index (Phi) is 4.10. The van der Waals surface area contributed by atoms with E-state index in [1.807, 2.05) is 6.07 Å². The van der Waals surface area contributed by atoms with Crippen LogP contribution < -0.4 is 0 Å². The first-order chi connectivity index (χ1) is 11.9. The lowest BCUT2D eigenvalue weighted by molar-refractivity contribution is -0.565. The van der Waals surface area contributed by atoms with E-state index in [2.05, 4.69) is 0 Å². The number of nitro groups is 1. The van der Waals surface area contributed by atoms with E-state index < -0.39 is 10.6 Å². The van der Waals surface area contributed by atoms with Crippen LogP contribution in [0, 0.1) is 20.2 Å². The van der Waals surface area contributed by atoms with Crippen molar-refractivity contribution in [2.75, 3.05) is 0 Å². The van der Waals surface area contributed by atoms with Gasteiger partial charge in [0, 0.05) is 24.0 Å². The van der Waals surface area contributed by atoms with Crippen molar-refractivity contribution in [3.8, 4) is 0 Å². The third kappa shape index (κ3) is 2.49. The van der Waals surface area contributed by atoms with Crippen LogP contribution in [0.1, 0.15) is 31.4 Å². The van der Waals surface area contributed by atoms with E-state index in [0.717, 1.165) is 0 Å². The smallest absolute Gasteiger partial charge is 0.306 e. The largest absolute Gasteiger partial charge is 0.753 e. The SMILES string of the molecule is CCC1=C(c2ccccc2)[N+](=O)[C@@](C)(c2cccc([N+](=O)[O-])c2)N1[O-]. The topological polar surface area (TPSA) is 89.5 Å². The average molecular weight is 339 g/mol. The van der Waals surface area contributed by atoms with E-state index in [4.69, 9.17) is 0 Å². The molecule has 0 radical (unpaired) electrons. The Morgan fingerprint density at radius 1 is 1.16 bits per heavy atom. The van der Waals surface area contributed by atoms with Crippen LogP contribution in [0.3, 0.4) is 0 Å². The highest BCUT2D eigenvalue weighted by atomic mass is 16.6. The van der Waals surface area contributed by atoms with E-state index in [-0.39, 0.29) is 11.3 Å². The first-order valence-electron chi connectivity index (χ1n) is 7.89. The quantitative estimate of drug-likeness (QED) is 0.474. The van der Waals surface area contributed by atoms with Gasteiger partial charge in [-0.05, 0) is 24.6 Å². The summed E-state index contributed by atoms with van der Waals surface area (Å²) in [6.07, 6.45) is 0.372. The Labute approximate surface area is 144 Å². The van der Waals surface area contributed by atoms with Crippen molar-refractivity contribution in [1.29, 1.82) is 0 Å². The number of hydrogen-bond acceptors (Lipinski definition) is 5. The predicted octanol–water partition coefficient (Wildman–Crippen LogP) is 4.14. The molecule has 2 aromatic carbocycles. The molecule has 7 heteroatoms. The molecule has 0 aromatic heterocycles. The van der Waals surface area contributed by atoms with Crippen molar-refractivity contribution < 1.29 is 9.68 Å². The summed E-state index contributed by atoms with van der Waals surface area (Å²) < 4.78 is 0.660. The summed E-state index contributed by atoms with van der Waals surface area (Å²) in [7, 11) is 0. The average Bonchev–Trinajstić information content (AvgIpc) is 2.84. The molecule has 0 bridgehead atoms. The lowest BCUT2D eigenvalue weighted by Gasteiger charge is -2.35. The Morgan fingerprint density at radius 3 is 2.44 bits per heavy atom. The number of nitroso groups, excluding NO2 is 1. The molecule has 25 heavy (non-hydrogen) atoms. The first-order valence-corrected chi connectivity index (χ1v) is 7.89. The van der Waals surface area contributed by atoms with Gasteiger partial charge >= 0.3 is 5.66 Å². The molecular formula is C18H17N3O4. The van der Waals surface area contributed by atoms with E-state index in [1.54, 1.807) is 37.3 Å². The summed E-state index contributed by atoms with van der Waals surface area (Å²) >= 11 is 0. The van der Waals surface area contributed by atoms with Gasteiger partial charge in [-0.3, -0.25) is 10.1 Å². The summed E-state index contributed by atoms with van der Waals surface area (Å²) in [6.45, 7) is 3.29. The van der Waals surface area contributed by atoms with Crippen LogP contribution in [0.2, 0.25) is 0 Å². The van der Waals surface area contributed by atoms with Crippen molar-refractivity contribution in [2.45, 2.75) is 25.9 Å². The van der Waals surface area contributed by atoms with Crippen molar-refractivity contribution >= 4 is 11.4 Å². The molecule has 3 rings (SSSR count). The van der Waals surface area contributed by atoms with Gasteiger partial charge in [-0.2, -0.15) is 0 Å². The van der Waals surface area contributed by atoms with Crippen LogP contribution in [-0.4, -0.2) is 14.7 Å². The molecule has 0 saturated heterocycles. The van der Waals surface area contributed by atoms with Crippen molar-refractivity contribution in [3.05, 3.63) is 91.6 Å². The molecule has 2 aromatic rings. The van der Waals surface area contributed by atoms with Crippen LogP contribution in [0.5, 0.6) is 0 Å². The number of nitrogens with zero attached hydrogens (tertiary/aromatic N) is 3. The Bertz CT molecular complexity index is 879. The molecule has 1 aliphatic rings. The second-order valence-corrected chi connectivity index (χ2v) is 5.93. The standard InChI is InChI=1S/C18H17N3O4/c1-3-16-17(13-8-5-4-6-9-13)20(23)18(2,19(16)22)14-10-7-11-15(12-14)21(24)25/h4-12H,3H2,1-2H3/t18-/m0/s1. The molecule has 0 saturated carbocycles. The Morgan fingerprint density at radius 2 is 1.84 bits per heavy atom. The zero-order chi connectivity index (χ0) is 18.2. The van der Waals surface area contributed by atoms with Gasteiger partial charge in [0.2, 0.25) is 0 Å². The van der Waals surface area contributed by atoms with Crippen LogP contribution in [0.25, 0.3) is 5.70 Å². The van der Waals surface area contributed by atoms with Gasteiger partial charge in [-0.25, -0.2) is 0 Å². The highest BCUT2D eigenvalue weighted by molar-refractivity contribution is 5.64. The predicted molar refractivity (Wildman–Crippen MR) is 92.9 cm³/mol. The Balaban J connectivity index is 2.15. The fourth-order valence-electron chi connectivity index (χ4n) is 3.12. The fourth-order valence-corrected chi connectivity index (χ4v) is 3.12. The second kappa shape index (κ2) is 6.10. The van der Waals surface area contributed by atoms with Gasteiger partial charge in [-0.1, -0.05) is 31.2 Å². The van der Waals surface area contributed by atoms with Crippen LogP contribution >= 0.6 is 0 Å². The van der Waals surface area contributed by atoms with E-state index >= 15 is 0 Å². The number of hydroxylamine groups is 2.